The Hall–Kier alpha value is -0.700. The maximum absolute atomic E-state index is 8.18. The Morgan fingerprint density at radius 3 is 1.67 bits per heavy atom. The summed E-state index contributed by atoms with van der Waals surface area (Å²) in [6, 6.07) is 0. The van der Waals surface area contributed by atoms with Gasteiger partial charge in [-0.25, -0.2) is 0 Å². The SMILES string of the molecule is N=CC(O)C=N. The molecule has 0 aliphatic rings. The minimum absolute atomic E-state index is 0.785. The second-order valence-electron chi connectivity index (χ2n) is 0.824. The summed E-state index contributed by atoms with van der Waals surface area (Å²) in [5.41, 5.74) is 0. The Bertz CT molecular complexity index is 53.8. The van der Waals surface area contributed by atoms with Crippen molar-refractivity contribution in [2.75, 3.05) is 0 Å². The van der Waals surface area contributed by atoms with Gasteiger partial charge in [0.2, 0.25) is 0 Å². The molecule has 0 amide bonds. The molecule has 0 aromatic rings. The van der Waals surface area contributed by atoms with Gasteiger partial charge in [-0.05, 0) is 0 Å². The highest BCUT2D eigenvalue weighted by atomic mass is 16.3. The van der Waals surface area contributed by atoms with E-state index < -0.39 is 6.10 Å². The number of aliphatic hydroxyl groups excluding tert-OH is 1. The molecule has 0 rings (SSSR count). The summed E-state index contributed by atoms with van der Waals surface area (Å²) < 4.78 is 0. The van der Waals surface area contributed by atoms with Crippen molar-refractivity contribution in [1.82, 2.24) is 0 Å². The van der Waals surface area contributed by atoms with Crippen LogP contribution in [0.15, 0.2) is 0 Å². The smallest absolute Gasteiger partial charge is 0.123 e. The molecule has 3 nitrogen and oxygen atoms in total. The Morgan fingerprint density at radius 2 is 1.67 bits per heavy atom. The second-order valence-corrected chi connectivity index (χ2v) is 0.824. The van der Waals surface area contributed by atoms with E-state index in [2.05, 4.69) is 0 Å². The summed E-state index contributed by atoms with van der Waals surface area (Å²) in [5.74, 6) is 0. The lowest BCUT2D eigenvalue weighted by Gasteiger charge is -1.85. The zero-order valence-corrected chi connectivity index (χ0v) is 3.18. The minimum Gasteiger partial charge on any atom is -0.382 e. The molecule has 0 aromatic carbocycles. The van der Waals surface area contributed by atoms with Gasteiger partial charge >= 0.3 is 0 Å². The van der Waals surface area contributed by atoms with E-state index in [4.69, 9.17) is 15.9 Å². The third kappa shape index (κ3) is 1.60. The first-order valence-electron chi connectivity index (χ1n) is 1.50. The van der Waals surface area contributed by atoms with E-state index >= 15 is 0 Å². The van der Waals surface area contributed by atoms with Gasteiger partial charge in [-0.15, -0.1) is 0 Å². The molecule has 3 heteroatoms. The van der Waals surface area contributed by atoms with Crippen LogP contribution in [0.4, 0.5) is 0 Å². The number of rotatable bonds is 2. The predicted octanol–water partition coefficient (Wildman–Crippen LogP) is -0.354. The van der Waals surface area contributed by atoms with Crippen molar-refractivity contribution in [1.29, 1.82) is 10.8 Å². The third-order valence-electron chi connectivity index (χ3n) is 0.342. The van der Waals surface area contributed by atoms with Crippen LogP contribution in [0.5, 0.6) is 0 Å². The maximum Gasteiger partial charge on any atom is 0.123 e. The molecular weight excluding hydrogens is 80.0 g/mol. The lowest BCUT2D eigenvalue weighted by atomic mass is 10.4. The predicted molar refractivity (Wildman–Crippen MR) is 23.6 cm³/mol. The zero-order chi connectivity index (χ0) is 4.99. The fourth-order valence-electron chi connectivity index (χ4n) is 0.0481. The first kappa shape index (κ1) is 5.30. The molecule has 0 saturated carbocycles. The van der Waals surface area contributed by atoms with Crippen LogP contribution in [0.2, 0.25) is 0 Å². The lowest BCUT2D eigenvalue weighted by molar-refractivity contribution is 0.313. The van der Waals surface area contributed by atoms with Gasteiger partial charge < -0.3 is 15.9 Å². The largest absolute Gasteiger partial charge is 0.382 e. The monoisotopic (exact) mass is 86.0 g/mol. The molecule has 0 aliphatic carbocycles. The van der Waals surface area contributed by atoms with E-state index in [1.165, 1.54) is 0 Å². The lowest BCUT2D eigenvalue weighted by Crippen LogP contribution is -2.06. The first-order chi connectivity index (χ1) is 2.81. The molecule has 0 bridgehead atoms. The van der Waals surface area contributed by atoms with Crippen LogP contribution in [-0.4, -0.2) is 23.6 Å². The molecule has 0 fully saturated rings. The molecule has 6 heavy (non-hydrogen) atoms. The van der Waals surface area contributed by atoms with Gasteiger partial charge in [-0.2, -0.15) is 0 Å². The van der Waals surface area contributed by atoms with Crippen molar-refractivity contribution < 1.29 is 5.11 Å². The van der Waals surface area contributed by atoms with Crippen molar-refractivity contribution in [3.05, 3.63) is 0 Å². The van der Waals surface area contributed by atoms with Gasteiger partial charge in [-0.3, -0.25) is 0 Å². The number of hydrogen-bond acceptors (Lipinski definition) is 3. The van der Waals surface area contributed by atoms with E-state index in [1.54, 1.807) is 0 Å². The first-order valence-corrected chi connectivity index (χ1v) is 1.50. The molecule has 0 aliphatic heterocycles. The minimum atomic E-state index is -0.981. The Labute approximate surface area is 35.6 Å². The fourth-order valence-corrected chi connectivity index (χ4v) is 0.0481. The fraction of sp³-hybridized carbons (Fsp3) is 0.333. The van der Waals surface area contributed by atoms with Gasteiger partial charge in [-0.1, -0.05) is 0 Å². The molecule has 0 saturated heterocycles. The van der Waals surface area contributed by atoms with E-state index in [0.29, 0.717) is 0 Å². The highest BCUT2D eigenvalue weighted by Crippen LogP contribution is 1.61. The quantitative estimate of drug-likeness (QED) is 0.395. The molecule has 0 unspecified atom stereocenters. The summed E-state index contributed by atoms with van der Waals surface area (Å²) in [7, 11) is 0. The van der Waals surface area contributed by atoms with E-state index in [-0.39, 0.29) is 0 Å². The van der Waals surface area contributed by atoms with Crippen LogP contribution in [0.1, 0.15) is 0 Å². The van der Waals surface area contributed by atoms with Gasteiger partial charge in [0.05, 0.1) is 0 Å². The van der Waals surface area contributed by atoms with Crippen LogP contribution in [0.25, 0.3) is 0 Å². The standard InChI is InChI=1S/C3H6N2O/c4-1-3(6)2-5/h1-6H. The molecule has 3 N–H and O–H groups in total. The van der Waals surface area contributed by atoms with Crippen LogP contribution < -0.4 is 0 Å². The number of hydrogen-bond donors (Lipinski definition) is 3. The Morgan fingerprint density at radius 1 is 1.33 bits per heavy atom. The molecule has 0 atom stereocenters. The molecule has 34 valence electrons. The van der Waals surface area contributed by atoms with Crippen molar-refractivity contribution in [3.63, 3.8) is 0 Å². The summed E-state index contributed by atoms with van der Waals surface area (Å²) in [6.45, 7) is 0. The van der Waals surface area contributed by atoms with Crippen molar-refractivity contribution in [2.24, 2.45) is 0 Å². The van der Waals surface area contributed by atoms with Gasteiger partial charge in [0, 0.05) is 12.4 Å². The Kier molecular flexibility index (Phi) is 2.24. The molecule has 0 heterocycles. The average molecular weight is 86.1 g/mol. The van der Waals surface area contributed by atoms with Crippen LogP contribution in [0, 0.1) is 10.8 Å². The zero-order valence-electron chi connectivity index (χ0n) is 3.18. The van der Waals surface area contributed by atoms with Crippen LogP contribution >= 0.6 is 0 Å². The summed E-state index contributed by atoms with van der Waals surface area (Å²) in [6.07, 6.45) is 0.588. The van der Waals surface area contributed by atoms with E-state index in [9.17, 15) is 0 Å². The highest BCUT2D eigenvalue weighted by Gasteiger charge is 1.84. The van der Waals surface area contributed by atoms with E-state index in [0.717, 1.165) is 12.4 Å². The second kappa shape index (κ2) is 2.53. The molecule has 0 aromatic heterocycles. The molecular formula is C3H6N2O. The summed E-state index contributed by atoms with van der Waals surface area (Å²) in [5, 5.41) is 20.7. The van der Waals surface area contributed by atoms with E-state index in [1.807, 2.05) is 0 Å². The molecule has 0 spiro atoms. The van der Waals surface area contributed by atoms with Crippen molar-refractivity contribution in [2.45, 2.75) is 6.10 Å². The number of aliphatic hydroxyl groups is 1. The maximum atomic E-state index is 8.18. The third-order valence-corrected chi connectivity index (χ3v) is 0.342. The Balaban J connectivity index is 3.21. The van der Waals surface area contributed by atoms with Crippen molar-refractivity contribution >= 4 is 12.4 Å². The summed E-state index contributed by atoms with van der Waals surface area (Å²) in [4.78, 5) is 0. The van der Waals surface area contributed by atoms with Crippen LogP contribution in [0.3, 0.4) is 0 Å². The van der Waals surface area contributed by atoms with Crippen molar-refractivity contribution in [3.8, 4) is 0 Å². The topological polar surface area (TPSA) is 67.9 Å². The van der Waals surface area contributed by atoms with Gasteiger partial charge in [0.1, 0.15) is 6.10 Å². The van der Waals surface area contributed by atoms with Gasteiger partial charge in [0.25, 0.3) is 0 Å². The normalized spacial score (nSPS) is 12.8. The average Bonchev–Trinajstić information content (AvgIpc) is 1.65. The van der Waals surface area contributed by atoms with Gasteiger partial charge in [0.15, 0.2) is 0 Å². The number of nitrogens with one attached hydrogen (secondary N) is 2. The molecule has 0 radical (unpaired) electrons. The highest BCUT2D eigenvalue weighted by molar-refractivity contribution is 5.82. The summed E-state index contributed by atoms with van der Waals surface area (Å²) >= 11 is 0. The van der Waals surface area contributed by atoms with Crippen LogP contribution in [-0.2, 0) is 0 Å².